The van der Waals surface area contributed by atoms with Crippen LogP contribution in [0.4, 0.5) is 8.78 Å². The molecule has 84 valence electrons. The minimum absolute atomic E-state index is 0.0645. The maximum absolute atomic E-state index is 12.3. The molecule has 0 fully saturated rings. The maximum atomic E-state index is 12.3. The Balaban J connectivity index is 3.32. The number of aromatic nitrogens is 1. The van der Waals surface area contributed by atoms with Gasteiger partial charge in [0.15, 0.2) is 0 Å². The summed E-state index contributed by atoms with van der Waals surface area (Å²) in [5.74, 6) is -1.24. The normalized spacial score (nSPS) is 10.2. The fraction of sp³-hybridized carbons (Fsp3) is 0.222. The van der Waals surface area contributed by atoms with E-state index in [0.29, 0.717) is 0 Å². The summed E-state index contributed by atoms with van der Waals surface area (Å²) in [5.41, 5.74) is -0.890. The molecule has 0 radical (unpaired) electrons. The molecule has 16 heavy (non-hydrogen) atoms. The van der Waals surface area contributed by atoms with Crippen molar-refractivity contribution in [3.63, 3.8) is 0 Å². The van der Waals surface area contributed by atoms with E-state index in [-0.39, 0.29) is 11.1 Å². The van der Waals surface area contributed by atoms with Crippen molar-refractivity contribution >= 4 is 17.6 Å². The van der Waals surface area contributed by atoms with Gasteiger partial charge >= 0.3 is 5.97 Å². The number of nitrogens with zero attached hydrogens (tertiary/aromatic N) is 2. The van der Waals surface area contributed by atoms with Gasteiger partial charge in [-0.15, -0.1) is 0 Å². The van der Waals surface area contributed by atoms with E-state index < -0.39 is 29.7 Å². The molecule has 1 rings (SSSR count). The molecule has 0 spiro atoms. The molecule has 0 saturated carbocycles. The Hall–Kier alpha value is -1.74. The average Bonchev–Trinajstić information content (AvgIpc) is 2.16. The zero-order valence-electron chi connectivity index (χ0n) is 7.75. The van der Waals surface area contributed by atoms with Crippen molar-refractivity contribution in [2.24, 2.45) is 0 Å². The number of hydrogen-bond acceptors (Lipinski definition) is 3. The lowest BCUT2D eigenvalue weighted by Gasteiger charge is -2.06. The van der Waals surface area contributed by atoms with Gasteiger partial charge in [-0.3, -0.25) is 4.79 Å². The van der Waals surface area contributed by atoms with Crippen LogP contribution in [-0.2, 0) is 11.2 Å². The Morgan fingerprint density at radius 2 is 2.31 bits per heavy atom. The van der Waals surface area contributed by atoms with Crippen molar-refractivity contribution in [3.05, 3.63) is 28.0 Å². The van der Waals surface area contributed by atoms with Crippen molar-refractivity contribution in [2.75, 3.05) is 0 Å². The summed E-state index contributed by atoms with van der Waals surface area (Å²) in [6.45, 7) is 0. The number of aliphatic carboxylic acids is 1. The molecule has 1 aromatic heterocycles. The molecule has 4 nitrogen and oxygen atoms in total. The smallest absolute Gasteiger partial charge is 0.307 e. The Bertz CT molecular complexity index is 471. The number of carboxylic acids is 1. The summed E-state index contributed by atoms with van der Waals surface area (Å²) in [4.78, 5) is 13.8. The monoisotopic (exact) mass is 246 g/mol. The number of halogens is 3. The Morgan fingerprint density at radius 3 is 2.75 bits per heavy atom. The minimum atomic E-state index is -2.86. The molecule has 0 aliphatic heterocycles. The van der Waals surface area contributed by atoms with Crippen molar-refractivity contribution in [1.29, 1.82) is 5.26 Å². The number of pyridine rings is 1. The third-order valence-corrected chi connectivity index (χ3v) is 2.03. The van der Waals surface area contributed by atoms with Gasteiger partial charge in [-0.2, -0.15) is 5.26 Å². The summed E-state index contributed by atoms with van der Waals surface area (Å²) < 4.78 is 24.7. The van der Waals surface area contributed by atoms with E-state index in [1.165, 1.54) is 0 Å². The van der Waals surface area contributed by atoms with Crippen LogP contribution in [0.5, 0.6) is 0 Å². The van der Waals surface area contributed by atoms with Crippen molar-refractivity contribution < 1.29 is 18.7 Å². The molecule has 0 aliphatic carbocycles. The number of carbonyl (C=O) groups is 1. The van der Waals surface area contributed by atoms with E-state index in [2.05, 4.69) is 4.98 Å². The number of rotatable bonds is 3. The highest BCUT2D eigenvalue weighted by Gasteiger charge is 2.17. The molecule has 0 bridgehead atoms. The second-order valence-electron chi connectivity index (χ2n) is 2.86. The van der Waals surface area contributed by atoms with E-state index in [0.717, 1.165) is 6.07 Å². The molecule has 1 heterocycles. The topological polar surface area (TPSA) is 74.0 Å². The third-order valence-electron chi connectivity index (χ3n) is 1.75. The highest BCUT2D eigenvalue weighted by Crippen LogP contribution is 2.24. The lowest BCUT2D eigenvalue weighted by molar-refractivity contribution is -0.136. The minimum Gasteiger partial charge on any atom is -0.481 e. The average molecular weight is 247 g/mol. The van der Waals surface area contributed by atoms with Gasteiger partial charge in [0, 0.05) is 0 Å². The van der Waals surface area contributed by atoms with Crippen LogP contribution in [-0.4, -0.2) is 16.1 Å². The SMILES string of the molecule is N#Cc1c(CC(=O)O)cc(C(F)F)nc1Cl. The summed E-state index contributed by atoms with van der Waals surface area (Å²) in [7, 11) is 0. The first kappa shape index (κ1) is 12.3. The standard InChI is InChI=1S/C9H5ClF2N2O2/c10-8-5(3-13)4(2-7(15)16)1-6(14-8)9(11)12/h1,9H,2H2,(H,15,16). The van der Waals surface area contributed by atoms with E-state index >= 15 is 0 Å². The van der Waals surface area contributed by atoms with E-state index in [1.807, 2.05) is 0 Å². The van der Waals surface area contributed by atoms with Gasteiger partial charge < -0.3 is 5.11 Å². The van der Waals surface area contributed by atoms with Gasteiger partial charge in [-0.1, -0.05) is 11.6 Å². The second kappa shape index (κ2) is 4.86. The largest absolute Gasteiger partial charge is 0.481 e. The van der Waals surface area contributed by atoms with E-state index in [1.54, 1.807) is 6.07 Å². The molecule has 0 atom stereocenters. The van der Waals surface area contributed by atoms with Crippen LogP contribution in [0.25, 0.3) is 0 Å². The third kappa shape index (κ3) is 2.64. The highest BCUT2D eigenvalue weighted by molar-refractivity contribution is 6.30. The zero-order chi connectivity index (χ0) is 12.3. The first-order valence-electron chi connectivity index (χ1n) is 4.05. The molecule has 0 amide bonds. The van der Waals surface area contributed by atoms with Gasteiger partial charge in [0.25, 0.3) is 6.43 Å². The van der Waals surface area contributed by atoms with Gasteiger partial charge in [0.2, 0.25) is 0 Å². The lowest BCUT2D eigenvalue weighted by Crippen LogP contribution is -2.05. The first-order chi connectivity index (χ1) is 7.45. The van der Waals surface area contributed by atoms with Crippen molar-refractivity contribution in [3.8, 4) is 6.07 Å². The highest BCUT2D eigenvalue weighted by atomic mass is 35.5. The molecule has 1 N–H and O–H groups in total. The van der Waals surface area contributed by atoms with Crippen LogP contribution < -0.4 is 0 Å². The molecule has 0 aromatic carbocycles. The number of alkyl halides is 2. The Labute approximate surface area is 94.1 Å². The Kier molecular flexibility index (Phi) is 3.74. The fourth-order valence-corrected chi connectivity index (χ4v) is 1.38. The summed E-state index contributed by atoms with van der Waals surface area (Å²) >= 11 is 5.50. The van der Waals surface area contributed by atoms with E-state index in [4.69, 9.17) is 22.0 Å². The van der Waals surface area contributed by atoms with Crippen LogP contribution in [0.3, 0.4) is 0 Å². The number of carboxylic acid groups (broad SMARTS) is 1. The van der Waals surface area contributed by atoms with Crippen molar-refractivity contribution in [1.82, 2.24) is 4.98 Å². The first-order valence-corrected chi connectivity index (χ1v) is 4.43. The molecule has 7 heteroatoms. The molecule has 0 saturated heterocycles. The van der Waals surface area contributed by atoms with Crippen molar-refractivity contribution in [2.45, 2.75) is 12.8 Å². The van der Waals surface area contributed by atoms with Gasteiger partial charge in [-0.25, -0.2) is 13.8 Å². The maximum Gasteiger partial charge on any atom is 0.307 e. The van der Waals surface area contributed by atoms with Crippen LogP contribution in [0.15, 0.2) is 6.07 Å². The van der Waals surface area contributed by atoms with Gasteiger partial charge in [0.1, 0.15) is 16.9 Å². The Morgan fingerprint density at radius 1 is 1.69 bits per heavy atom. The van der Waals surface area contributed by atoms with Gasteiger partial charge in [-0.05, 0) is 11.6 Å². The quantitative estimate of drug-likeness (QED) is 0.830. The fourth-order valence-electron chi connectivity index (χ4n) is 1.12. The van der Waals surface area contributed by atoms with E-state index in [9.17, 15) is 13.6 Å². The molecular weight excluding hydrogens is 242 g/mol. The zero-order valence-corrected chi connectivity index (χ0v) is 8.50. The number of nitriles is 1. The summed E-state index contributed by atoms with van der Waals surface area (Å²) in [6, 6.07) is 2.51. The predicted octanol–water partition coefficient (Wildman–Crippen LogP) is 2.17. The lowest BCUT2D eigenvalue weighted by atomic mass is 10.1. The molecular formula is C9H5ClF2N2O2. The molecule has 0 aliphatic rings. The second-order valence-corrected chi connectivity index (χ2v) is 3.21. The van der Waals surface area contributed by atoms with Gasteiger partial charge in [0.05, 0.1) is 12.0 Å². The van der Waals surface area contributed by atoms with Crippen LogP contribution >= 0.6 is 11.6 Å². The van der Waals surface area contributed by atoms with Crippen LogP contribution in [0.1, 0.15) is 23.2 Å². The number of hydrogen-bond donors (Lipinski definition) is 1. The molecule has 0 unspecified atom stereocenters. The van der Waals surface area contributed by atoms with Crippen LogP contribution in [0, 0.1) is 11.3 Å². The summed E-state index contributed by atoms with van der Waals surface area (Å²) in [5, 5.41) is 16.8. The van der Waals surface area contributed by atoms with Crippen LogP contribution in [0.2, 0.25) is 5.15 Å². The summed E-state index contributed by atoms with van der Waals surface area (Å²) in [6.07, 6.45) is -3.41. The molecule has 1 aromatic rings. The predicted molar refractivity (Wildman–Crippen MR) is 50.3 cm³/mol.